The van der Waals surface area contributed by atoms with Gasteiger partial charge in [0.15, 0.2) is 0 Å². The summed E-state index contributed by atoms with van der Waals surface area (Å²) in [5.74, 6) is 0.677. The van der Waals surface area contributed by atoms with Crippen LogP contribution in [-0.2, 0) is 0 Å². The van der Waals surface area contributed by atoms with Crippen LogP contribution in [0, 0.1) is 0 Å². The van der Waals surface area contributed by atoms with Crippen molar-refractivity contribution in [2.45, 2.75) is 0 Å². The molecular formula is C12H9ClN4. The van der Waals surface area contributed by atoms with Crippen molar-refractivity contribution in [2.75, 3.05) is 5.32 Å². The van der Waals surface area contributed by atoms with Crippen LogP contribution in [0.4, 0.5) is 11.5 Å². The topological polar surface area (TPSA) is 53.6 Å². The second kappa shape index (κ2) is 4.07. The lowest BCUT2D eigenvalue weighted by Gasteiger charge is -2.05. The molecule has 0 radical (unpaired) electrons. The summed E-state index contributed by atoms with van der Waals surface area (Å²) in [6, 6.07) is 9.85. The smallest absolute Gasteiger partial charge is 0.224 e. The van der Waals surface area contributed by atoms with E-state index < -0.39 is 0 Å². The molecule has 84 valence electrons. The highest BCUT2D eigenvalue weighted by molar-refractivity contribution is 6.28. The zero-order valence-electron chi connectivity index (χ0n) is 8.81. The third-order valence-corrected chi connectivity index (χ3v) is 2.64. The molecule has 0 aliphatic heterocycles. The lowest BCUT2D eigenvalue weighted by Crippen LogP contribution is -1.94. The van der Waals surface area contributed by atoms with Gasteiger partial charge in [-0.05, 0) is 41.3 Å². The molecule has 4 nitrogen and oxygen atoms in total. The van der Waals surface area contributed by atoms with Crippen molar-refractivity contribution < 1.29 is 0 Å². The van der Waals surface area contributed by atoms with Crippen LogP contribution in [0.2, 0.25) is 5.28 Å². The van der Waals surface area contributed by atoms with Crippen molar-refractivity contribution in [3.8, 4) is 0 Å². The van der Waals surface area contributed by atoms with E-state index in [2.05, 4.69) is 20.3 Å². The quantitative estimate of drug-likeness (QED) is 0.680. The van der Waals surface area contributed by atoms with E-state index in [-0.39, 0.29) is 5.28 Å². The van der Waals surface area contributed by atoms with Crippen LogP contribution in [0.3, 0.4) is 0 Å². The molecule has 0 spiro atoms. The van der Waals surface area contributed by atoms with E-state index in [0.717, 1.165) is 11.2 Å². The van der Waals surface area contributed by atoms with Crippen LogP contribution in [0.5, 0.6) is 0 Å². The van der Waals surface area contributed by atoms with Crippen LogP contribution in [0.15, 0.2) is 42.7 Å². The zero-order chi connectivity index (χ0) is 11.7. The number of aromatic nitrogens is 3. The predicted molar refractivity (Wildman–Crippen MR) is 68.6 cm³/mol. The van der Waals surface area contributed by atoms with E-state index in [1.165, 1.54) is 5.39 Å². The summed E-state index contributed by atoms with van der Waals surface area (Å²) in [4.78, 5) is 11.1. The lowest BCUT2D eigenvalue weighted by atomic mass is 10.2. The third kappa shape index (κ3) is 2.07. The minimum Gasteiger partial charge on any atom is -0.361 e. The van der Waals surface area contributed by atoms with Crippen molar-refractivity contribution in [3.05, 3.63) is 48.0 Å². The molecular weight excluding hydrogens is 236 g/mol. The number of aromatic amines is 1. The predicted octanol–water partition coefficient (Wildman–Crippen LogP) is 3.35. The molecule has 2 heterocycles. The Labute approximate surface area is 103 Å². The molecule has 0 fully saturated rings. The maximum absolute atomic E-state index is 5.72. The monoisotopic (exact) mass is 244 g/mol. The fourth-order valence-electron chi connectivity index (χ4n) is 1.68. The fourth-order valence-corrected chi connectivity index (χ4v) is 1.83. The summed E-state index contributed by atoms with van der Waals surface area (Å²) in [7, 11) is 0. The summed E-state index contributed by atoms with van der Waals surface area (Å²) >= 11 is 5.72. The van der Waals surface area contributed by atoms with Gasteiger partial charge in [-0.2, -0.15) is 0 Å². The molecule has 2 N–H and O–H groups in total. The molecule has 0 aliphatic carbocycles. The first-order valence-electron chi connectivity index (χ1n) is 5.14. The largest absolute Gasteiger partial charge is 0.361 e. The Balaban J connectivity index is 1.94. The zero-order valence-corrected chi connectivity index (χ0v) is 9.57. The number of nitrogens with one attached hydrogen (secondary N) is 2. The van der Waals surface area contributed by atoms with Gasteiger partial charge in [-0.25, -0.2) is 9.97 Å². The molecule has 0 bridgehead atoms. The summed E-state index contributed by atoms with van der Waals surface area (Å²) in [6.45, 7) is 0. The number of halogens is 1. The molecule has 2 aromatic heterocycles. The lowest BCUT2D eigenvalue weighted by molar-refractivity contribution is 1.17. The standard InChI is InChI=1S/C12H9ClN4/c13-12-15-6-4-11(17-12)16-9-2-1-8-3-5-14-10(8)7-9/h1-7,14H,(H,15,16,17). The Hall–Kier alpha value is -2.07. The number of anilines is 2. The minimum absolute atomic E-state index is 0.232. The van der Waals surface area contributed by atoms with Gasteiger partial charge in [-0.1, -0.05) is 6.07 Å². The Morgan fingerprint density at radius 1 is 1.18 bits per heavy atom. The number of fused-ring (bicyclic) bond motifs is 1. The first kappa shape index (κ1) is 10.1. The molecule has 0 aliphatic rings. The highest BCUT2D eigenvalue weighted by atomic mass is 35.5. The Bertz CT molecular complexity index is 662. The van der Waals surface area contributed by atoms with Gasteiger partial charge in [0.05, 0.1) is 0 Å². The van der Waals surface area contributed by atoms with Crippen LogP contribution in [-0.4, -0.2) is 15.0 Å². The normalized spacial score (nSPS) is 10.6. The van der Waals surface area contributed by atoms with Gasteiger partial charge in [0, 0.05) is 23.6 Å². The van der Waals surface area contributed by atoms with E-state index >= 15 is 0 Å². The molecule has 0 unspecified atom stereocenters. The molecule has 1 aromatic carbocycles. The van der Waals surface area contributed by atoms with E-state index in [0.29, 0.717) is 5.82 Å². The number of rotatable bonds is 2. The number of hydrogen-bond donors (Lipinski definition) is 2. The Kier molecular flexibility index (Phi) is 2.42. The van der Waals surface area contributed by atoms with Gasteiger partial charge in [0.2, 0.25) is 5.28 Å². The van der Waals surface area contributed by atoms with E-state index in [9.17, 15) is 0 Å². The van der Waals surface area contributed by atoms with Gasteiger partial charge in [-0.3, -0.25) is 0 Å². The van der Waals surface area contributed by atoms with Gasteiger partial charge < -0.3 is 10.3 Å². The van der Waals surface area contributed by atoms with Gasteiger partial charge in [-0.15, -0.1) is 0 Å². The first-order valence-corrected chi connectivity index (χ1v) is 5.52. The summed E-state index contributed by atoms with van der Waals surface area (Å²) in [5.41, 5.74) is 2.03. The van der Waals surface area contributed by atoms with Crippen molar-refractivity contribution in [2.24, 2.45) is 0 Å². The fraction of sp³-hybridized carbons (Fsp3) is 0. The molecule has 0 saturated heterocycles. The molecule has 0 amide bonds. The second-order valence-electron chi connectivity index (χ2n) is 3.62. The van der Waals surface area contributed by atoms with Crippen LogP contribution >= 0.6 is 11.6 Å². The van der Waals surface area contributed by atoms with Crippen molar-refractivity contribution in [3.63, 3.8) is 0 Å². The minimum atomic E-state index is 0.232. The van der Waals surface area contributed by atoms with Crippen LogP contribution < -0.4 is 5.32 Å². The molecule has 3 rings (SSSR count). The Morgan fingerprint density at radius 2 is 2.12 bits per heavy atom. The van der Waals surface area contributed by atoms with E-state index in [1.54, 1.807) is 12.3 Å². The number of nitrogens with zero attached hydrogens (tertiary/aromatic N) is 2. The van der Waals surface area contributed by atoms with Crippen LogP contribution in [0.25, 0.3) is 10.9 Å². The molecule has 17 heavy (non-hydrogen) atoms. The molecule has 5 heteroatoms. The molecule has 3 aromatic rings. The Morgan fingerprint density at radius 3 is 3.00 bits per heavy atom. The highest BCUT2D eigenvalue weighted by Gasteiger charge is 1.99. The number of benzene rings is 1. The van der Waals surface area contributed by atoms with Crippen molar-refractivity contribution >= 4 is 34.0 Å². The van der Waals surface area contributed by atoms with E-state index in [1.807, 2.05) is 30.5 Å². The molecule has 0 atom stereocenters. The average Bonchev–Trinajstić information content (AvgIpc) is 2.76. The van der Waals surface area contributed by atoms with Crippen molar-refractivity contribution in [1.82, 2.24) is 15.0 Å². The second-order valence-corrected chi connectivity index (χ2v) is 3.95. The van der Waals surface area contributed by atoms with Gasteiger partial charge >= 0.3 is 0 Å². The van der Waals surface area contributed by atoms with Gasteiger partial charge in [0.1, 0.15) is 5.82 Å². The highest BCUT2D eigenvalue weighted by Crippen LogP contribution is 2.20. The van der Waals surface area contributed by atoms with Gasteiger partial charge in [0.25, 0.3) is 0 Å². The maximum Gasteiger partial charge on any atom is 0.224 e. The maximum atomic E-state index is 5.72. The number of hydrogen-bond acceptors (Lipinski definition) is 3. The first-order chi connectivity index (χ1) is 8.31. The summed E-state index contributed by atoms with van der Waals surface area (Å²) < 4.78 is 0. The van der Waals surface area contributed by atoms with E-state index in [4.69, 9.17) is 11.6 Å². The summed E-state index contributed by atoms with van der Waals surface area (Å²) in [6.07, 6.45) is 3.53. The third-order valence-electron chi connectivity index (χ3n) is 2.45. The van der Waals surface area contributed by atoms with Crippen LogP contribution in [0.1, 0.15) is 0 Å². The SMILES string of the molecule is Clc1nccc(Nc2ccc3cc[nH]c3c2)n1. The molecule has 0 saturated carbocycles. The van der Waals surface area contributed by atoms with Crippen molar-refractivity contribution in [1.29, 1.82) is 0 Å². The average molecular weight is 245 g/mol. The summed E-state index contributed by atoms with van der Waals surface area (Å²) in [5, 5.41) is 4.58. The number of H-pyrrole nitrogens is 1.